The van der Waals surface area contributed by atoms with Gasteiger partial charge in [0.25, 0.3) is 0 Å². The molecule has 1 aromatic rings. The number of halogens is 1. The summed E-state index contributed by atoms with van der Waals surface area (Å²) in [5, 5.41) is 1.59. The monoisotopic (exact) mass is 145 g/mol. The first kappa shape index (κ1) is 6.00. The zero-order chi connectivity index (χ0) is 5.98. The van der Waals surface area contributed by atoms with E-state index < -0.39 is 0 Å². The highest BCUT2D eigenvalue weighted by Gasteiger charge is 1.83. The lowest BCUT2D eigenvalue weighted by Crippen LogP contribution is -1.88. The topological polar surface area (TPSA) is 12.9 Å². The summed E-state index contributed by atoms with van der Waals surface area (Å²) >= 11 is 5.49. The fourth-order valence-corrected chi connectivity index (χ4v) is 0.670. The summed E-state index contributed by atoms with van der Waals surface area (Å²) in [5.74, 6) is 0. The lowest BCUT2D eigenvalue weighted by molar-refractivity contribution is 1.35. The first-order chi connectivity index (χ1) is 3.79. The maximum Gasteiger partial charge on any atom is 0.129 e. The van der Waals surface area contributed by atoms with Crippen LogP contribution >= 0.6 is 20.8 Å². The smallest absolute Gasteiger partial charge is 0.129 e. The predicted octanol–water partition coefficient (Wildman–Crippen LogP) is 1.24. The minimum absolute atomic E-state index is 0.538. The second-order valence-electron chi connectivity index (χ2n) is 1.41. The van der Waals surface area contributed by atoms with Gasteiger partial charge in [-0.3, -0.25) is 0 Å². The minimum Gasteiger partial charge on any atom is -0.244 e. The van der Waals surface area contributed by atoms with E-state index >= 15 is 0 Å². The van der Waals surface area contributed by atoms with Crippen molar-refractivity contribution in [3.8, 4) is 0 Å². The molecule has 0 aliphatic rings. The molecule has 8 heavy (non-hydrogen) atoms. The molecule has 0 aliphatic carbocycles. The van der Waals surface area contributed by atoms with Crippen LogP contribution in [0.1, 0.15) is 0 Å². The van der Waals surface area contributed by atoms with Crippen LogP contribution < -0.4 is 5.30 Å². The Balaban J connectivity index is 3.03. The number of nitrogens with zero attached hydrogens (tertiary/aromatic N) is 1. The maximum absolute atomic E-state index is 5.49. The molecule has 1 unspecified atom stereocenters. The Morgan fingerprint density at radius 2 is 2.25 bits per heavy atom. The molecule has 0 aliphatic heterocycles. The molecular weight excluding hydrogens is 140 g/mol. The van der Waals surface area contributed by atoms with Crippen molar-refractivity contribution in [1.29, 1.82) is 0 Å². The number of hydrogen-bond donors (Lipinski definition) is 0. The molecule has 0 fully saturated rings. The largest absolute Gasteiger partial charge is 0.244 e. The molecule has 1 rings (SSSR count). The van der Waals surface area contributed by atoms with E-state index in [-0.39, 0.29) is 0 Å². The van der Waals surface area contributed by atoms with Gasteiger partial charge >= 0.3 is 0 Å². The van der Waals surface area contributed by atoms with Crippen LogP contribution in [-0.2, 0) is 0 Å². The van der Waals surface area contributed by atoms with Crippen molar-refractivity contribution in [2.45, 2.75) is 0 Å². The molecule has 0 aromatic carbocycles. The Kier molecular flexibility index (Phi) is 1.82. The van der Waals surface area contributed by atoms with Crippen molar-refractivity contribution in [3.63, 3.8) is 0 Å². The highest BCUT2D eigenvalue weighted by molar-refractivity contribution is 7.27. The molecular formula is C5H5ClNP. The molecule has 1 aromatic heterocycles. The highest BCUT2D eigenvalue weighted by Crippen LogP contribution is 1.99. The molecule has 42 valence electrons. The summed E-state index contributed by atoms with van der Waals surface area (Å²) in [6.45, 7) is 0. The summed E-state index contributed by atoms with van der Waals surface area (Å²) in [7, 11) is 2.53. The third-order valence-corrected chi connectivity index (χ3v) is 1.32. The Labute approximate surface area is 55.3 Å². The maximum atomic E-state index is 5.49. The van der Waals surface area contributed by atoms with Crippen molar-refractivity contribution in [2.24, 2.45) is 0 Å². The molecule has 0 bridgehead atoms. The van der Waals surface area contributed by atoms with Gasteiger partial charge in [0.2, 0.25) is 0 Å². The first-order valence-electron chi connectivity index (χ1n) is 2.16. The molecule has 1 heterocycles. The predicted molar refractivity (Wildman–Crippen MR) is 38.6 cm³/mol. The van der Waals surface area contributed by atoms with Crippen LogP contribution in [0.3, 0.4) is 0 Å². The van der Waals surface area contributed by atoms with Gasteiger partial charge in [-0.15, -0.1) is 9.24 Å². The average Bonchev–Trinajstić information content (AvgIpc) is 1.77. The molecule has 0 saturated heterocycles. The fraction of sp³-hybridized carbons (Fsp3) is 0. The zero-order valence-electron chi connectivity index (χ0n) is 4.13. The van der Waals surface area contributed by atoms with E-state index in [0.29, 0.717) is 5.15 Å². The van der Waals surface area contributed by atoms with Crippen LogP contribution in [0.15, 0.2) is 18.3 Å². The van der Waals surface area contributed by atoms with Crippen LogP contribution in [0.5, 0.6) is 0 Å². The van der Waals surface area contributed by atoms with Crippen molar-refractivity contribution in [1.82, 2.24) is 4.98 Å². The van der Waals surface area contributed by atoms with Gasteiger partial charge in [-0.1, -0.05) is 17.7 Å². The Morgan fingerprint density at radius 3 is 2.62 bits per heavy atom. The Morgan fingerprint density at radius 1 is 1.50 bits per heavy atom. The minimum atomic E-state index is 0.538. The summed E-state index contributed by atoms with van der Waals surface area (Å²) < 4.78 is 0. The quantitative estimate of drug-likeness (QED) is 0.395. The summed E-state index contributed by atoms with van der Waals surface area (Å²) in [4.78, 5) is 3.82. The van der Waals surface area contributed by atoms with Crippen molar-refractivity contribution in [3.05, 3.63) is 23.5 Å². The zero-order valence-corrected chi connectivity index (χ0v) is 6.05. The van der Waals surface area contributed by atoms with Crippen LogP contribution in [0.25, 0.3) is 0 Å². The first-order valence-corrected chi connectivity index (χ1v) is 3.11. The molecule has 1 nitrogen and oxygen atoms in total. The Hall–Kier alpha value is -0.130. The van der Waals surface area contributed by atoms with Gasteiger partial charge in [0.1, 0.15) is 5.15 Å². The van der Waals surface area contributed by atoms with Gasteiger partial charge in [-0.2, -0.15) is 0 Å². The highest BCUT2D eigenvalue weighted by atomic mass is 35.5. The van der Waals surface area contributed by atoms with Gasteiger partial charge < -0.3 is 0 Å². The summed E-state index contributed by atoms with van der Waals surface area (Å²) in [5.41, 5.74) is 0. The van der Waals surface area contributed by atoms with E-state index in [4.69, 9.17) is 11.6 Å². The average molecular weight is 146 g/mol. The third-order valence-electron chi connectivity index (χ3n) is 0.750. The van der Waals surface area contributed by atoms with Crippen LogP contribution in [-0.4, -0.2) is 4.98 Å². The summed E-state index contributed by atoms with van der Waals surface area (Å²) in [6.07, 6.45) is 1.70. The van der Waals surface area contributed by atoms with Crippen molar-refractivity contribution < 1.29 is 0 Å². The van der Waals surface area contributed by atoms with Gasteiger partial charge in [0, 0.05) is 6.20 Å². The normalized spacial score (nSPS) is 9.25. The van der Waals surface area contributed by atoms with E-state index in [0.717, 1.165) is 5.30 Å². The molecule has 3 heteroatoms. The van der Waals surface area contributed by atoms with Gasteiger partial charge in [-0.25, -0.2) is 4.98 Å². The van der Waals surface area contributed by atoms with E-state index in [9.17, 15) is 0 Å². The molecule has 0 saturated carbocycles. The van der Waals surface area contributed by atoms with Gasteiger partial charge in [0.05, 0.1) is 0 Å². The number of pyridine rings is 1. The van der Waals surface area contributed by atoms with E-state index in [1.165, 1.54) is 0 Å². The molecule has 0 radical (unpaired) electrons. The second-order valence-corrected chi connectivity index (χ2v) is 2.47. The standard InChI is InChI=1S/C5H5ClNP/c6-5-2-1-4(8)3-7-5/h1-3H,8H2. The van der Waals surface area contributed by atoms with Crippen LogP contribution in [0, 0.1) is 0 Å². The lowest BCUT2D eigenvalue weighted by Gasteiger charge is -1.87. The number of hydrogen-bond acceptors (Lipinski definition) is 1. The van der Waals surface area contributed by atoms with Crippen LogP contribution in [0.2, 0.25) is 5.15 Å². The lowest BCUT2D eigenvalue weighted by atomic mass is 10.5. The summed E-state index contributed by atoms with van der Waals surface area (Å²) in [6, 6.07) is 3.64. The van der Waals surface area contributed by atoms with Crippen molar-refractivity contribution >= 4 is 26.1 Å². The second kappa shape index (κ2) is 2.43. The van der Waals surface area contributed by atoms with E-state index in [1.54, 1.807) is 12.3 Å². The van der Waals surface area contributed by atoms with Gasteiger partial charge in [-0.05, 0) is 11.4 Å². The molecule has 1 atom stereocenters. The number of aromatic nitrogens is 1. The Bertz CT molecular complexity index is 151. The molecule has 0 spiro atoms. The number of rotatable bonds is 0. The van der Waals surface area contributed by atoms with Crippen molar-refractivity contribution in [2.75, 3.05) is 0 Å². The van der Waals surface area contributed by atoms with E-state index in [1.807, 2.05) is 6.07 Å². The molecule has 0 amide bonds. The van der Waals surface area contributed by atoms with Crippen LogP contribution in [0.4, 0.5) is 0 Å². The molecule has 0 N–H and O–H groups in total. The van der Waals surface area contributed by atoms with Gasteiger partial charge in [0.15, 0.2) is 0 Å². The SMILES string of the molecule is Pc1ccc(Cl)nc1. The third kappa shape index (κ3) is 1.43. The fourth-order valence-electron chi connectivity index (χ4n) is 0.387. The van der Waals surface area contributed by atoms with E-state index in [2.05, 4.69) is 14.2 Å².